The number of hydrogen-bond donors (Lipinski definition) is 1. The zero-order valence-electron chi connectivity index (χ0n) is 24.1. The maximum absolute atomic E-state index is 13.8. The second kappa shape index (κ2) is 13.0. The second-order valence-corrected chi connectivity index (χ2v) is 11.7. The Balaban J connectivity index is 1.18. The molecule has 1 atom stereocenters. The predicted octanol–water partition coefficient (Wildman–Crippen LogP) is 5.31. The molecule has 8 nitrogen and oxygen atoms in total. The monoisotopic (exact) mass is 548 g/mol. The van der Waals surface area contributed by atoms with Gasteiger partial charge in [-0.15, -0.1) is 0 Å². The van der Waals surface area contributed by atoms with Gasteiger partial charge in [0.15, 0.2) is 0 Å². The van der Waals surface area contributed by atoms with Gasteiger partial charge in [-0.05, 0) is 61.4 Å². The van der Waals surface area contributed by atoms with Crippen LogP contribution in [0.4, 0.5) is 0 Å². The molecule has 0 unspecified atom stereocenters. The molecule has 3 aliphatic rings. The van der Waals surface area contributed by atoms with E-state index in [1.165, 1.54) is 32.1 Å². The maximum atomic E-state index is 13.8. The molecule has 5 rings (SSSR count). The van der Waals surface area contributed by atoms with Crippen LogP contribution in [-0.2, 0) is 16.1 Å². The average molecular weight is 549 g/mol. The van der Waals surface area contributed by atoms with Gasteiger partial charge in [0.1, 0.15) is 23.1 Å². The van der Waals surface area contributed by atoms with Gasteiger partial charge in [0, 0.05) is 38.4 Å². The lowest BCUT2D eigenvalue weighted by molar-refractivity contribution is -0.162. The molecule has 216 valence electrons. The number of methoxy groups -OCH3 is 1. The van der Waals surface area contributed by atoms with Gasteiger partial charge in [-0.3, -0.25) is 14.5 Å². The smallest absolute Gasteiger partial charge is 0.246 e. The Bertz CT molecular complexity index is 1120. The third-order valence-corrected chi connectivity index (χ3v) is 9.01. The quantitative estimate of drug-likeness (QED) is 0.433. The zero-order valence-corrected chi connectivity index (χ0v) is 24.1. The first kappa shape index (κ1) is 28.4. The largest absolute Gasteiger partial charge is 0.497 e. The molecule has 3 heterocycles. The van der Waals surface area contributed by atoms with E-state index in [2.05, 4.69) is 22.1 Å². The highest BCUT2D eigenvalue weighted by Crippen LogP contribution is 2.36. The van der Waals surface area contributed by atoms with Crippen molar-refractivity contribution in [2.75, 3.05) is 26.7 Å². The number of nitrogens with zero attached hydrogens (tertiary/aromatic N) is 3. The molecule has 1 aromatic heterocycles. The minimum absolute atomic E-state index is 0.0605. The summed E-state index contributed by atoms with van der Waals surface area (Å²) in [5.74, 6) is 2.78. The van der Waals surface area contributed by atoms with Crippen molar-refractivity contribution in [1.82, 2.24) is 20.1 Å². The number of likely N-dealkylation sites (tertiary alicyclic amines) is 1. The summed E-state index contributed by atoms with van der Waals surface area (Å²) < 4.78 is 11.1. The Morgan fingerprint density at radius 2 is 1.73 bits per heavy atom. The molecule has 2 saturated heterocycles. The summed E-state index contributed by atoms with van der Waals surface area (Å²) in [5, 5.41) is 3.20. The number of piperazine rings is 1. The molecular formula is C32H44N4O4. The van der Waals surface area contributed by atoms with Gasteiger partial charge in [-0.2, -0.15) is 0 Å². The van der Waals surface area contributed by atoms with Gasteiger partial charge >= 0.3 is 0 Å². The van der Waals surface area contributed by atoms with Crippen LogP contribution < -0.4 is 14.8 Å². The Morgan fingerprint density at radius 1 is 1.00 bits per heavy atom. The number of amides is 2. The van der Waals surface area contributed by atoms with Crippen molar-refractivity contribution in [1.29, 1.82) is 0 Å². The number of nitrogens with one attached hydrogen (secondary N) is 1. The molecule has 1 spiro atoms. The predicted molar refractivity (Wildman–Crippen MR) is 154 cm³/mol. The van der Waals surface area contributed by atoms with Crippen LogP contribution in [0.2, 0.25) is 0 Å². The Labute approximate surface area is 238 Å². The van der Waals surface area contributed by atoms with Crippen LogP contribution in [0.3, 0.4) is 0 Å². The van der Waals surface area contributed by atoms with Crippen molar-refractivity contribution >= 4 is 11.8 Å². The maximum Gasteiger partial charge on any atom is 0.246 e. The van der Waals surface area contributed by atoms with Crippen LogP contribution in [0, 0.1) is 5.92 Å². The number of hydrogen-bond acceptors (Lipinski definition) is 6. The van der Waals surface area contributed by atoms with Crippen LogP contribution in [0.5, 0.6) is 17.4 Å². The van der Waals surface area contributed by atoms with E-state index < -0.39 is 5.54 Å². The molecule has 1 N–H and O–H groups in total. The summed E-state index contributed by atoms with van der Waals surface area (Å²) >= 11 is 0. The lowest BCUT2D eigenvalue weighted by atomic mass is 9.79. The fourth-order valence-electron chi connectivity index (χ4n) is 6.60. The van der Waals surface area contributed by atoms with E-state index in [0.717, 1.165) is 50.2 Å². The van der Waals surface area contributed by atoms with Crippen LogP contribution in [0.15, 0.2) is 42.6 Å². The van der Waals surface area contributed by atoms with Crippen molar-refractivity contribution in [3.05, 3.63) is 48.2 Å². The molecule has 2 aliphatic heterocycles. The highest BCUT2D eigenvalue weighted by Gasteiger charge is 2.53. The molecule has 1 aliphatic carbocycles. The van der Waals surface area contributed by atoms with Gasteiger partial charge in [0.25, 0.3) is 0 Å². The van der Waals surface area contributed by atoms with E-state index in [-0.39, 0.29) is 17.9 Å². The number of rotatable bonds is 10. The minimum Gasteiger partial charge on any atom is -0.497 e. The van der Waals surface area contributed by atoms with E-state index in [4.69, 9.17) is 9.47 Å². The third-order valence-electron chi connectivity index (χ3n) is 9.01. The molecular weight excluding hydrogens is 504 g/mol. The number of unbranched alkanes of at least 4 members (excludes halogenated alkanes) is 1. The van der Waals surface area contributed by atoms with Gasteiger partial charge in [-0.25, -0.2) is 4.98 Å². The minimum atomic E-state index is -0.722. The molecule has 2 amide bonds. The number of benzene rings is 1. The molecule has 40 heavy (non-hydrogen) atoms. The van der Waals surface area contributed by atoms with Gasteiger partial charge in [0.05, 0.1) is 7.11 Å². The number of carbonyl (C=O) groups excluding carboxylic acids is 2. The number of aromatic nitrogens is 1. The average Bonchev–Trinajstić information content (AvgIpc) is 2.99. The summed E-state index contributed by atoms with van der Waals surface area (Å²) in [7, 11) is 1.64. The van der Waals surface area contributed by atoms with Crippen LogP contribution in [-0.4, -0.2) is 64.9 Å². The third kappa shape index (κ3) is 6.43. The van der Waals surface area contributed by atoms with Crippen LogP contribution >= 0.6 is 0 Å². The Morgan fingerprint density at radius 3 is 2.38 bits per heavy atom. The molecule has 0 radical (unpaired) electrons. The van der Waals surface area contributed by atoms with Gasteiger partial charge < -0.3 is 19.7 Å². The van der Waals surface area contributed by atoms with Gasteiger partial charge in [0.2, 0.25) is 17.7 Å². The summed E-state index contributed by atoms with van der Waals surface area (Å²) in [6.45, 7) is 5.09. The van der Waals surface area contributed by atoms with E-state index in [9.17, 15) is 9.59 Å². The summed E-state index contributed by atoms with van der Waals surface area (Å²) in [4.78, 5) is 36.3. The molecule has 0 bridgehead atoms. The highest BCUT2D eigenvalue weighted by molar-refractivity contribution is 6.00. The second-order valence-electron chi connectivity index (χ2n) is 11.7. The first-order chi connectivity index (χ1) is 19.5. The van der Waals surface area contributed by atoms with Crippen LogP contribution in [0.1, 0.15) is 76.7 Å². The van der Waals surface area contributed by atoms with Crippen molar-refractivity contribution < 1.29 is 19.1 Å². The zero-order chi connectivity index (χ0) is 28.0. The van der Waals surface area contributed by atoms with Crippen LogP contribution in [0.25, 0.3) is 0 Å². The number of piperidine rings is 1. The molecule has 1 saturated carbocycles. The Hall–Kier alpha value is -3.13. The number of ether oxygens (including phenoxy) is 2. The van der Waals surface area contributed by atoms with E-state index in [1.54, 1.807) is 7.11 Å². The highest BCUT2D eigenvalue weighted by atomic mass is 16.5. The standard InChI is InChI=1S/C32H44N4O4/c1-3-4-18-36-30(37)28(21-24-8-6-5-7-9-24)34-31(38)32(36)16-19-35(20-17-32)23-25-10-15-29(33-22-25)40-27-13-11-26(39-2)12-14-27/h10-15,22,24,28H,3-9,16-21,23H2,1-2H3,(H,34,38)/t28-/m0/s1. The van der Waals surface area contributed by atoms with E-state index in [0.29, 0.717) is 36.9 Å². The summed E-state index contributed by atoms with van der Waals surface area (Å²) in [5.41, 5.74) is 0.373. The van der Waals surface area contributed by atoms with Gasteiger partial charge in [-0.1, -0.05) is 51.5 Å². The molecule has 3 fully saturated rings. The molecule has 1 aromatic carbocycles. The normalized spacial score (nSPS) is 21.9. The van der Waals surface area contributed by atoms with Crippen molar-refractivity contribution in [3.8, 4) is 17.4 Å². The number of pyridine rings is 1. The number of carbonyl (C=O) groups is 2. The van der Waals surface area contributed by atoms with E-state index >= 15 is 0 Å². The van der Waals surface area contributed by atoms with Crippen molar-refractivity contribution in [2.24, 2.45) is 5.92 Å². The summed E-state index contributed by atoms with van der Waals surface area (Å²) in [6, 6.07) is 11.0. The summed E-state index contributed by atoms with van der Waals surface area (Å²) in [6.07, 6.45) is 12.0. The molecule has 2 aromatic rings. The lowest BCUT2D eigenvalue weighted by Gasteiger charge is -2.52. The Kier molecular flexibility index (Phi) is 9.25. The first-order valence-electron chi connectivity index (χ1n) is 15.1. The first-order valence-corrected chi connectivity index (χ1v) is 15.1. The topological polar surface area (TPSA) is 84.0 Å². The fraction of sp³-hybridized carbons (Fsp3) is 0.594. The molecule has 8 heteroatoms. The lowest BCUT2D eigenvalue weighted by Crippen LogP contribution is -2.73. The fourth-order valence-corrected chi connectivity index (χ4v) is 6.60. The van der Waals surface area contributed by atoms with Crippen molar-refractivity contribution in [3.63, 3.8) is 0 Å². The van der Waals surface area contributed by atoms with E-state index in [1.807, 2.05) is 47.5 Å². The van der Waals surface area contributed by atoms with Crippen molar-refractivity contribution in [2.45, 2.75) is 89.3 Å². The SMILES string of the molecule is CCCCN1C(=O)[C@H](CC2CCCCC2)NC(=O)C12CCN(Cc1ccc(Oc3ccc(OC)cc3)nc1)CC2.